The van der Waals surface area contributed by atoms with Crippen molar-refractivity contribution in [1.29, 1.82) is 0 Å². The van der Waals surface area contributed by atoms with Crippen molar-refractivity contribution in [2.75, 3.05) is 14.2 Å². The lowest BCUT2D eigenvalue weighted by molar-refractivity contribution is -0.127. The average molecular weight is 488 g/mol. The van der Waals surface area contributed by atoms with E-state index in [0.29, 0.717) is 17.1 Å². The topological polar surface area (TPSA) is 80.8 Å². The SMILES string of the molecule is COc1cccc([C@H](C(=O)NC2CCCCC2)N(Cc2ccccc2OC)C(=O)c2ccccn2)c1. The van der Waals surface area contributed by atoms with Gasteiger partial charge in [0.15, 0.2) is 0 Å². The molecule has 0 bridgehead atoms. The summed E-state index contributed by atoms with van der Waals surface area (Å²) in [5.74, 6) is 0.710. The molecule has 1 fully saturated rings. The minimum atomic E-state index is -0.888. The third-order valence-electron chi connectivity index (χ3n) is 6.60. The molecule has 0 radical (unpaired) electrons. The normalized spacial score (nSPS) is 14.5. The summed E-state index contributed by atoms with van der Waals surface area (Å²) in [5.41, 5.74) is 1.73. The van der Waals surface area contributed by atoms with Gasteiger partial charge < -0.3 is 19.7 Å². The number of carbonyl (C=O) groups is 2. The molecular weight excluding hydrogens is 454 g/mol. The van der Waals surface area contributed by atoms with Crippen LogP contribution in [0, 0.1) is 0 Å². The van der Waals surface area contributed by atoms with Gasteiger partial charge >= 0.3 is 0 Å². The number of rotatable bonds is 9. The first-order valence-corrected chi connectivity index (χ1v) is 12.4. The van der Waals surface area contributed by atoms with Crippen molar-refractivity contribution in [3.63, 3.8) is 0 Å². The Bertz CT molecular complexity index is 1160. The Kier molecular flexibility index (Phi) is 8.55. The van der Waals surface area contributed by atoms with E-state index in [-0.39, 0.29) is 30.1 Å². The molecular formula is C29H33N3O4. The number of para-hydroxylation sites is 1. The molecule has 3 aromatic rings. The van der Waals surface area contributed by atoms with Gasteiger partial charge in [0.25, 0.3) is 5.91 Å². The number of amides is 2. The van der Waals surface area contributed by atoms with Gasteiger partial charge in [-0.3, -0.25) is 14.6 Å². The molecule has 2 amide bonds. The molecule has 0 unspecified atom stereocenters. The first-order valence-electron chi connectivity index (χ1n) is 12.4. The van der Waals surface area contributed by atoms with Crippen LogP contribution in [-0.4, -0.2) is 42.0 Å². The fourth-order valence-electron chi connectivity index (χ4n) is 4.75. The highest BCUT2D eigenvalue weighted by molar-refractivity contribution is 5.96. The largest absolute Gasteiger partial charge is 0.497 e. The van der Waals surface area contributed by atoms with Crippen LogP contribution in [-0.2, 0) is 11.3 Å². The van der Waals surface area contributed by atoms with Crippen LogP contribution >= 0.6 is 0 Å². The Labute approximate surface area is 212 Å². The van der Waals surface area contributed by atoms with Gasteiger partial charge in [-0.25, -0.2) is 0 Å². The number of methoxy groups -OCH3 is 2. The zero-order valence-corrected chi connectivity index (χ0v) is 20.9. The number of ether oxygens (including phenoxy) is 2. The van der Waals surface area contributed by atoms with E-state index < -0.39 is 6.04 Å². The molecule has 4 rings (SSSR count). The number of pyridine rings is 1. The zero-order chi connectivity index (χ0) is 25.3. The van der Waals surface area contributed by atoms with Crippen molar-refractivity contribution in [3.8, 4) is 11.5 Å². The van der Waals surface area contributed by atoms with Gasteiger partial charge in [-0.2, -0.15) is 0 Å². The Hall–Kier alpha value is -3.87. The van der Waals surface area contributed by atoms with Crippen molar-refractivity contribution in [3.05, 3.63) is 89.7 Å². The molecule has 36 heavy (non-hydrogen) atoms. The summed E-state index contributed by atoms with van der Waals surface area (Å²) in [5, 5.41) is 3.23. The van der Waals surface area contributed by atoms with Crippen LogP contribution in [0.3, 0.4) is 0 Å². The van der Waals surface area contributed by atoms with Crippen molar-refractivity contribution < 1.29 is 19.1 Å². The van der Waals surface area contributed by atoms with Gasteiger partial charge in [0.05, 0.1) is 20.8 Å². The third-order valence-corrected chi connectivity index (χ3v) is 6.60. The monoisotopic (exact) mass is 487 g/mol. The number of hydrogen-bond acceptors (Lipinski definition) is 5. The number of benzene rings is 2. The van der Waals surface area contributed by atoms with E-state index in [0.717, 1.165) is 31.2 Å². The quantitative estimate of drug-likeness (QED) is 0.463. The number of nitrogens with one attached hydrogen (secondary N) is 1. The van der Waals surface area contributed by atoms with Crippen LogP contribution in [0.2, 0.25) is 0 Å². The molecule has 1 heterocycles. The number of carbonyl (C=O) groups excluding carboxylic acids is 2. The van der Waals surface area contributed by atoms with Gasteiger partial charge in [0, 0.05) is 17.8 Å². The van der Waals surface area contributed by atoms with Crippen molar-refractivity contribution in [2.45, 2.75) is 50.7 Å². The van der Waals surface area contributed by atoms with Crippen LogP contribution in [0.4, 0.5) is 0 Å². The van der Waals surface area contributed by atoms with E-state index in [1.54, 1.807) is 43.5 Å². The van der Waals surface area contributed by atoms with Crippen LogP contribution in [0.25, 0.3) is 0 Å². The summed E-state index contributed by atoms with van der Waals surface area (Å²) in [6.07, 6.45) is 6.83. The maximum Gasteiger partial charge on any atom is 0.273 e. The number of aromatic nitrogens is 1. The molecule has 7 nitrogen and oxygen atoms in total. The fourth-order valence-corrected chi connectivity index (χ4v) is 4.75. The van der Waals surface area contributed by atoms with Gasteiger partial charge in [-0.15, -0.1) is 0 Å². The molecule has 1 saturated carbocycles. The van der Waals surface area contributed by atoms with Crippen molar-refractivity contribution >= 4 is 11.8 Å². The second-order valence-electron chi connectivity index (χ2n) is 8.98. The molecule has 188 valence electrons. The maximum atomic E-state index is 13.9. The van der Waals surface area contributed by atoms with Crippen molar-refractivity contribution in [2.24, 2.45) is 0 Å². The van der Waals surface area contributed by atoms with Gasteiger partial charge in [-0.05, 0) is 48.7 Å². The summed E-state index contributed by atoms with van der Waals surface area (Å²) in [6, 6.07) is 19.2. The van der Waals surface area contributed by atoms with Crippen LogP contribution in [0.1, 0.15) is 59.8 Å². The molecule has 2 aromatic carbocycles. The summed E-state index contributed by atoms with van der Waals surface area (Å²) in [6.45, 7) is 0.166. The smallest absolute Gasteiger partial charge is 0.273 e. The highest BCUT2D eigenvalue weighted by Crippen LogP contribution is 2.31. The van der Waals surface area contributed by atoms with Crippen LogP contribution in [0.5, 0.6) is 11.5 Å². The van der Waals surface area contributed by atoms with E-state index in [9.17, 15) is 9.59 Å². The lowest BCUT2D eigenvalue weighted by Crippen LogP contribution is -2.47. The average Bonchev–Trinajstić information content (AvgIpc) is 2.93. The van der Waals surface area contributed by atoms with Crippen LogP contribution < -0.4 is 14.8 Å². The van der Waals surface area contributed by atoms with Gasteiger partial charge in [-0.1, -0.05) is 55.7 Å². The summed E-state index contributed by atoms with van der Waals surface area (Å²) in [7, 11) is 3.18. The molecule has 7 heteroatoms. The van der Waals surface area contributed by atoms with Gasteiger partial charge in [0.1, 0.15) is 23.2 Å². The number of hydrogen-bond donors (Lipinski definition) is 1. The second kappa shape index (κ2) is 12.2. The second-order valence-corrected chi connectivity index (χ2v) is 8.98. The van der Waals surface area contributed by atoms with Gasteiger partial charge in [0.2, 0.25) is 5.91 Å². The Morgan fingerprint density at radius 3 is 2.47 bits per heavy atom. The van der Waals surface area contributed by atoms with E-state index in [1.807, 2.05) is 48.5 Å². The molecule has 1 N–H and O–H groups in total. The van der Waals surface area contributed by atoms with E-state index >= 15 is 0 Å². The minimum Gasteiger partial charge on any atom is -0.497 e. The Balaban J connectivity index is 1.78. The summed E-state index contributed by atoms with van der Waals surface area (Å²) in [4.78, 5) is 33.7. The Morgan fingerprint density at radius 2 is 1.75 bits per heavy atom. The lowest BCUT2D eigenvalue weighted by Gasteiger charge is -2.33. The van der Waals surface area contributed by atoms with Crippen LogP contribution in [0.15, 0.2) is 72.9 Å². The summed E-state index contributed by atoms with van der Waals surface area (Å²) < 4.78 is 11.0. The standard InChI is InChI=1S/C29H33N3O4/c1-35-24-15-10-12-21(19-24)27(28(33)31-23-13-4-3-5-14-23)32(29(34)25-16-8-9-18-30-25)20-22-11-6-7-17-26(22)36-2/h6-12,15-19,23,27H,3-5,13-14,20H2,1-2H3,(H,31,33)/t27-/m1/s1. The van der Waals surface area contributed by atoms with E-state index in [2.05, 4.69) is 10.3 Å². The highest BCUT2D eigenvalue weighted by Gasteiger charge is 2.34. The fraction of sp³-hybridized carbons (Fsp3) is 0.345. The predicted molar refractivity (Wildman–Crippen MR) is 138 cm³/mol. The Morgan fingerprint density at radius 1 is 0.972 bits per heavy atom. The molecule has 1 aliphatic carbocycles. The molecule has 1 aliphatic rings. The molecule has 1 atom stereocenters. The molecule has 1 aromatic heterocycles. The molecule has 0 saturated heterocycles. The molecule has 0 aliphatic heterocycles. The highest BCUT2D eigenvalue weighted by atomic mass is 16.5. The minimum absolute atomic E-state index is 0.0948. The first kappa shape index (κ1) is 25.2. The third kappa shape index (κ3) is 6.03. The van der Waals surface area contributed by atoms with Crippen molar-refractivity contribution in [1.82, 2.24) is 15.2 Å². The maximum absolute atomic E-state index is 13.9. The predicted octanol–water partition coefficient (Wildman–Crippen LogP) is 4.93. The lowest BCUT2D eigenvalue weighted by atomic mass is 9.94. The molecule has 0 spiro atoms. The zero-order valence-electron chi connectivity index (χ0n) is 20.9. The summed E-state index contributed by atoms with van der Waals surface area (Å²) >= 11 is 0. The first-order chi connectivity index (χ1) is 17.6. The number of nitrogens with zero attached hydrogens (tertiary/aromatic N) is 2. The van der Waals surface area contributed by atoms with E-state index in [1.165, 1.54) is 6.42 Å². The van der Waals surface area contributed by atoms with E-state index in [4.69, 9.17) is 9.47 Å².